The standard InChI is InChI=1S/C14H20N2O2S/c1-16(9-11-5-8-18-10-11)13(17)14(12(15)19)6-3-2-4-7-14/h5,8,10H,2-4,6-7,9H2,1H3,(H2,15,19). The average Bonchev–Trinajstić information content (AvgIpc) is 2.91. The fraction of sp³-hybridized carbons (Fsp3) is 0.571. The van der Waals surface area contributed by atoms with Gasteiger partial charge in [-0.2, -0.15) is 0 Å². The van der Waals surface area contributed by atoms with Crippen molar-refractivity contribution in [2.75, 3.05) is 7.05 Å². The molecule has 1 heterocycles. The molecule has 1 aromatic heterocycles. The minimum atomic E-state index is -0.633. The molecule has 1 aliphatic rings. The number of nitrogens with zero attached hydrogens (tertiary/aromatic N) is 1. The first kappa shape index (κ1) is 14.1. The van der Waals surface area contributed by atoms with Crippen molar-refractivity contribution in [1.82, 2.24) is 4.90 Å². The highest BCUT2D eigenvalue weighted by molar-refractivity contribution is 7.80. The summed E-state index contributed by atoms with van der Waals surface area (Å²) in [6, 6.07) is 1.86. The van der Waals surface area contributed by atoms with Crippen LogP contribution < -0.4 is 5.73 Å². The first-order valence-corrected chi connectivity index (χ1v) is 7.03. The Kier molecular flexibility index (Phi) is 4.24. The summed E-state index contributed by atoms with van der Waals surface area (Å²) in [6.45, 7) is 0.527. The molecule has 4 nitrogen and oxygen atoms in total. The van der Waals surface area contributed by atoms with Crippen molar-refractivity contribution < 1.29 is 9.21 Å². The maximum absolute atomic E-state index is 12.7. The molecule has 5 heteroatoms. The van der Waals surface area contributed by atoms with E-state index < -0.39 is 5.41 Å². The number of hydrogen-bond acceptors (Lipinski definition) is 3. The van der Waals surface area contributed by atoms with Gasteiger partial charge in [0.1, 0.15) is 0 Å². The second-order valence-corrected chi connectivity index (χ2v) is 5.74. The highest BCUT2D eigenvalue weighted by Gasteiger charge is 2.43. The molecule has 0 radical (unpaired) electrons. The van der Waals surface area contributed by atoms with Crippen LogP contribution in [0.5, 0.6) is 0 Å². The van der Waals surface area contributed by atoms with Gasteiger partial charge >= 0.3 is 0 Å². The Morgan fingerprint density at radius 2 is 2.16 bits per heavy atom. The molecule has 0 bridgehead atoms. The second kappa shape index (κ2) is 5.74. The molecule has 1 fully saturated rings. The minimum absolute atomic E-state index is 0.0425. The largest absolute Gasteiger partial charge is 0.472 e. The topological polar surface area (TPSA) is 59.5 Å². The summed E-state index contributed by atoms with van der Waals surface area (Å²) < 4.78 is 5.02. The number of thiocarbonyl (C=S) groups is 1. The molecule has 2 N–H and O–H groups in total. The van der Waals surface area contributed by atoms with E-state index in [1.807, 2.05) is 6.07 Å². The van der Waals surface area contributed by atoms with Gasteiger partial charge in [0.05, 0.1) is 22.9 Å². The zero-order chi connectivity index (χ0) is 13.9. The van der Waals surface area contributed by atoms with Crippen molar-refractivity contribution in [2.24, 2.45) is 11.1 Å². The molecule has 1 amide bonds. The maximum atomic E-state index is 12.7. The SMILES string of the molecule is CN(Cc1ccoc1)C(=O)C1(C(N)=S)CCCCC1. The maximum Gasteiger partial charge on any atom is 0.235 e. The molecular formula is C14H20N2O2S. The summed E-state index contributed by atoms with van der Waals surface area (Å²) in [4.78, 5) is 14.8. The molecule has 1 aliphatic carbocycles. The van der Waals surface area contributed by atoms with Crippen LogP contribution in [0.25, 0.3) is 0 Å². The van der Waals surface area contributed by atoms with E-state index in [4.69, 9.17) is 22.4 Å². The predicted molar refractivity (Wildman–Crippen MR) is 77.5 cm³/mol. The lowest BCUT2D eigenvalue weighted by molar-refractivity contribution is -0.138. The van der Waals surface area contributed by atoms with Gasteiger partial charge in [0.25, 0.3) is 0 Å². The summed E-state index contributed by atoms with van der Waals surface area (Å²) in [7, 11) is 1.80. The summed E-state index contributed by atoms with van der Waals surface area (Å²) in [5.74, 6) is 0.0425. The van der Waals surface area contributed by atoms with Gasteiger partial charge in [-0.05, 0) is 18.9 Å². The third-order valence-electron chi connectivity index (χ3n) is 3.93. The van der Waals surface area contributed by atoms with Gasteiger partial charge in [0.2, 0.25) is 5.91 Å². The monoisotopic (exact) mass is 280 g/mol. The lowest BCUT2D eigenvalue weighted by Crippen LogP contribution is -2.50. The van der Waals surface area contributed by atoms with Crippen molar-refractivity contribution in [3.8, 4) is 0 Å². The van der Waals surface area contributed by atoms with Crippen LogP contribution in [-0.4, -0.2) is 22.8 Å². The third kappa shape index (κ3) is 2.81. The molecule has 0 unspecified atom stereocenters. The van der Waals surface area contributed by atoms with E-state index in [0.29, 0.717) is 11.5 Å². The summed E-state index contributed by atoms with van der Waals surface area (Å²) in [6.07, 6.45) is 8.00. The number of carbonyl (C=O) groups excluding carboxylic acids is 1. The average molecular weight is 280 g/mol. The number of amides is 1. The van der Waals surface area contributed by atoms with E-state index >= 15 is 0 Å². The van der Waals surface area contributed by atoms with Crippen LogP contribution in [0.15, 0.2) is 23.0 Å². The molecule has 0 aliphatic heterocycles. The Bertz CT molecular complexity index is 450. The minimum Gasteiger partial charge on any atom is -0.472 e. The van der Waals surface area contributed by atoms with Gasteiger partial charge in [-0.1, -0.05) is 31.5 Å². The fourth-order valence-electron chi connectivity index (χ4n) is 2.81. The summed E-state index contributed by atoms with van der Waals surface area (Å²) in [5, 5.41) is 0. The highest BCUT2D eigenvalue weighted by atomic mass is 32.1. The van der Waals surface area contributed by atoms with Gasteiger partial charge in [-0.25, -0.2) is 0 Å². The lowest BCUT2D eigenvalue weighted by atomic mass is 9.73. The molecule has 104 valence electrons. The number of carbonyl (C=O) groups is 1. The Labute approximate surface area is 118 Å². The Morgan fingerprint density at radius 1 is 1.47 bits per heavy atom. The van der Waals surface area contributed by atoms with Gasteiger partial charge in [-0.3, -0.25) is 4.79 Å². The molecule has 0 atom stereocenters. The Hall–Kier alpha value is -1.36. The van der Waals surface area contributed by atoms with Crippen LogP contribution in [0.4, 0.5) is 0 Å². The highest BCUT2D eigenvalue weighted by Crippen LogP contribution is 2.38. The molecule has 19 heavy (non-hydrogen) atoms. The molecule has 1 aromatic rings. The van der Waals surface area contributed by atoms with Crippen LogP contribution >= 0.6 is 12.2 Å². The van der Waals surface area contributed by atoms with Gasteiger partial charge in [-0.15, -0.1) is 0 Å². The van der Waals surface area contributed by atoms with Crippen molar-refractivity contribution >= 4 is 23.1 Å². The zero-order valence-electron chi connectivity index (χ0n) is 11.2. The first-order valence-electron chi connectivity index (χ1n) is 6.63. The quantitative estimate of drug-likeness (QED) is 0.861. The van der Waals surface area contributed by atoms with E-state index in [0.717, 1.165) is 37.7 Å². The summed E-state index contributed by atoms with van der Waals surface area (Å²) in [5.41, 5.74) is 6.22. The van der Waals surface area contributed by atoms with Crippen molar-refractivity contribution in [3.63, 3.8) is 0 Å². The first-order chi connectivity index (χ1) is 9.06. The van der Waals surface area contributed by atoms with E-state index in [-0.39, 0.29) is 5.91 Å². The Balaban J connectivity index is 2.13. The van der Waals surface area contributed by atoms with Crippen LogP contribution in [0, 0.1) is 5.41 Å². The third-order valence-corrected chi connectivity index (χ3v) is 4.33. The molecule has 2 rings (SSSR count). The predicted octanol–water partition coefficient (Wildman–Crippen LogP) is 2.47. The number of nitrogens with two attached hydrogens (primary N) is 1. The van der Waals surface area contributed by atoms with Crippen LogP contribution in [0.2, 0.25) is 0 Å². The van der Waals surface area contributed by atoms with E-state index in [2.05, 4.69) is 0 Å². The smallest absolute Gasteiger partial charge is 0.235 e. The van der Waals surface area contributed by atoms with Gasteiger partial charge < -0.3 is 15.1 Å². The normalized spacial score (nSPS) is 17.9. The molecular weight excluding hydrogens is 260 g/mol. The zero-order valence-corrected chi connectivity index (χ0v) is 12.0. The van der Waals surface area contributed by atoms with Crippen LogP contribution in [0.3, 0.4) is 0 Å². The number of hydrogen-bond donors (Lipinski definition) is 1. The van der Waals surface area contributed by atoms with Crippen LogP contribution in [0.1, 0.15) is 37.7 Å². The second-order valence-electron chi connectivity index (χ2n) is 5.30. The van der Waals surface area contributed by atoms with Crippen LogP contribution in [-0.2, 0) is 11.3 Å². The van der Waals surface area contributed by atoms with Crippen molar-refractivity contribution in [1.29, 1.82) is 0 Å². The Morgan fingerprint density at radius 3 is 2.68 bits per heavy atom. The lowest BCUT2D eigenvalue weighted by Gasteiger charge is -2.37. The van der Waals surface area contributed by atoms with E-state index in [1.54, 1.807) is 24.5 Å². The van der Waals surface area contributed by atoms with Gasteiger partial charge in [0.15, 0.2) is 0 Å². The molecule has 1 saturated carbocycles. The fourth-order valence-corrected chi connectivity index (χ4v) is 3.11. The van der Waals surface area contributed by atoms with Gasteiger partial charge in [0, 0.05) is 19.2 Å². The molecule has 0 saturated heterocycles. The number of furan rings is 1. The van der Waals surface area contributed by atoms with E-state index in [1.165, 1.54) is 0 Å². The van der Waals surface area contributed by atoms with Crippen molar-refractivity contribution in [2.45, 2.75) is 38.6 Å². The van der Waals surface area contributed by atoms with E-state index in [9.17, 15) is 4.79 Å². The van der Waals surface area contributed by atoms with Crippen molar-refractivity contribution in [3.05, 3.63) is 24.2 Å². The molecule has 0 spiro atoms. The number of rotatable bonds is 4. The summed E-state index contributed by atoms with van der Waals surface area (Å²) >= 11 is 5.18. The molecule has 0 aromatic carbocycles.